The zero-order chi connectivity index (χ0) is 13.9. The molecule has 0 saturated carbocycles. The van der Waals surface area contributed by atoms with Gasteiger partial charge < -0.3 is 10.2 Å². The smallest absolute Gasteiger partial charge is 0.225 e. The zero-order valence-electron chi connectivity index (χ0n) is 11.7. The number of fused-ring (bicyclic) bond motifs is 1. The molecule has 0 saturated heterocycles. The summed E-state index contributed by atoms with van der Waals surface area (Å²) in [4.78, 5) is 12.2. The number of rotatable bonds is 3. The third-order valence-corrected chi connectivity index (χ3v) is 4.48. The first-order valence-corrected chi connectivity index (χ1v) is 7.71. The highest BCUT2D eigenvalue weighted by Crippen LogP contribution is 2.37. The van der Waals surface area contributed by atoms with Crippen molar-refractivity contribution < 1.29 is 0 Å². The van der Waals surface area contributed by atoms with Gasteiger partial charge in [0, 0.05) is 30.9 Å². The van der Waals surface area contributed by atoms with E-state index in [4.69, 9.17) is 0 Å². The summed E-state index contributed by atoms with van der Waals surface area (Å²) in [7, 11) is 3.97. The second kappa shape index (κ2) is 5.71. The van der Waals surface area contributed by atoms with Crippen molar-refractivity contribution in [1.82, 2.24) is 9.97 Å². The summed E-state index contributed by atoms with van der Waals surface area (Å²) in [6.07, 6.45) is 2.89. The molecule has 1 N–H and O–H groups in total. The predicted molar refractivity (Wildman–Crippen MR) is 84.5 cm³/mol. The monoisotopic (exact) mass is 286 g/mol. The van der Waals surface area contributed by atoms with E-state index in [-0.39, 0.29) is 0 Å². The zero-order valence-corrected chi connectivity index (χ0v) is 12.5. The lowest BCUT2D eigenvalue weighted by Gasteiger charge is -2.26. The van der Waals surface area contributed by atoms with Crippen LogP contribution in [0.5, 0.6) is 0 Å². The lowest BCUT2D eigenvalue weighted by atomic mass is 10.0. The Morgan fingerprint density at radius 2 is 2.10 bits per heavy atom. The summed E-state index contributed by atoms with van der Waals surface area (Å²) >= 11 is 1.92. The van der Waals surface area contributed by atoms with Crippen LogP contribution >= 0.6 is 11.8 Å². The van der Waals surface area contributed by atoms with Crippen LogP contribution in [0.4, 0.5) is 11.8 Å². The third-order valence-electron chi connectivity index (χ3n) is 3.36. The molecule has 4 nitrogen and oxygen atoms in total. The summed E-state index contributed by atoms with van der Waals surface area (Å²) in [6, 6.07) is 10.8. The minimum absolute atomic E-state index is 0.296. The summed E-state index contributed by atoms with van der Waals surface area (Å²) in [5, 5.41) is 3.47. The largest absolute Gasteiger partial charge is 0.363 e. The van der Waals surface area contributed by atoms with Crippen molar-refractivity contribution in [2.75, 3.05) is 30.1 Å². The van der Waals surface area contributed by atoms with Gasteiger partial charge in [-0.1, -0.05) is 18.2 Å². The molecule has 2 aromatic rings. The van der Waals surface area contributed by atoms with Gasteiger partial charge in [-0.2, -0.15) is 4.98 Å². The van der Waals surface area contributed by atoms with Crippen LogP contribution in [0.3, 0.4) is 0 Å². The van der Waals surface area contributed by atoms with Gasteiger partial charge in [0.1, 0.15) is 5.82 Å². The van der Waals surface area contributed by atoms with E-state index in [9.17, 15) is 0 Å². The van der Waals surface area contributed by atoms with E-state index in [0.29, 0.717) is 12.0 Å². The second-order valence-electron chi connectivity index (χ2n) is 5.00. The molecule has 1 aliphatic rings. The fourth-order valence-electron chi connectivity index (χ4n) is 2.32. The van der Waals surface area contributed by atoms with Gasteiger partial charge in [0.25, 0.3) is 0 Å². The topological polar surface area (TPSA) is 41.1 Å². The normalized spacial score (nSPS) is 17.4. The van der Waals surface area contributed by atoms with E-state index in [1.807, 2.05) is 36.8 Å². The van der Waals surface area contributed by atoms with Gasteiger partial charge in [0.2, 0.25) is 5.95 Å². The van der Waals surface area contributed by atoms with E-state index in [1.54, 1.807) is 6.20 Å². The minimum Gasteiger partial charge on any atom is -0.363 e. The molecule has 104 valence electrons. The fraction of sp³-hybridized carbons (Fsp3) is 0.333. The van der Waals surface area contributed by atoms with Gasteiger partial charge in [-0.05, 0) is 24.1 Å². The SMILES string of the molecule is CN(C)c1ccnc(NC2CCSc3ccccc32)n1. The molecule has 0 radical (unpaired) electrons. The molecule has 1 aliphatic heterocycles. The minimum atomic E-state index is 0.296. The van der Waals surface area contributed by atoms with Gasteiger partial charge in [0.15, 0.2) is 0 Å². The number of hydrogen-bond acceptors (Lipinski definition) is 5. The maximum Gasteiger partial charge on any atom is 0.225 e. The van der Waals surface area contributed by atoms with Crippen LogP contribution in [0.2, 0.25) is 0 Å². The average Bonchev–Trinajstić information content (AvgIpc) is 2.48. The molecule has 0 amide bonds. The first kappa shape index (κ1) is 13.2. The van der Waals surface area contributed by atoms with Crippen LogP contribution < -0.4 is 10.2 Å². The van der Waals surface area contributed by atoms with E-state index in [1.165, 1.54) is 10.5 Å². The maximum atomic E-state index is 4.54. The Kier molecular flexibility index (Phi) is 3.78. The molecule has 3 rings (SSSR count). The molecule has 0 spiro atoms. The number of benzene rings is 1. The van der Waals surface area contributed by atoms with Gasteiger partial charge >= 0.3 is 0 Å². The summed E-state index contributed by atoms with van der Waals surface area (Å²) in [6.45, 7) is 0. The van der Waals surface area contributed by atoms with Crippen molar-refractivity contribution in [3.8, 4) is 0 Å². The lowest BCUT2D eigenvalue weighted by Crippen LogP contribution is -2.18. The fourth-order valence-corrected chi connectivity index (χ4v) is 3.44. The van der Waals surface area contributed by atoms with Gasteiger partial charge in [-0.15, -0.1) is 11.8 Å². The number of nitrogens with one attached hydrogen (secondary N) is 1. The molecule has 0 bridgehead atoms. The van der Waals surface area contributed by atoms with E-state index in [2.05, 4.69) is 39.6 Å². The number of thioether (sulfide) groups is 1. The molecular formula is C15H18N4S. The Bertz CT molecular complexity index is 600. The van der Waals surface area contributed by atoms with Crippen LogP contribution in [0.15, 0.2) is 41.4 Å². The van der Waals surface area contributed by atoms with Crippen LogP contribution in [-0.2, 0) is 0 Å². The predicted octanol–water partition coefficient (Wildman–Crippen LogP) is 3.19. The van der Waals surface area contributed by atoms with Gasteiger partial charge in [-0.3, -0.25) is 0 Å². The number of nitrogens with zero attached hydrogens (tertiary/aromatic N) is 3. The van der Waals surface area contributed by atoms with Crippen LogP contribution in [0.25, 0.3) is 0 Å². The van der Waals surface area contributed by atoms with E-state index < -0.39 is 0 Å². The third kappa shape index (κ3) is 2.72. The Morgan fingerprint density at radius 1 is 1.25 bits per heavy atom. The molecule has 0 fully saturated rings. The Labute approximate surface area is 123 Å². The highest BCUT2D eigenvalue weighted by molar-refractivity contribution is 7.99. The van der Waals surface area contributed by atoms with Crippen molar-refractivity contribution in [2.45, 2.75) is 17.4 Å². The van der Waals surface area contributed by atoms with Crippen LogP contribution in [0, 0.1) is 0 Å². The molecule has 0 aliphatic carbocycles. The molecule has 1 unspecified atom stereocenters. The van der Waals surface area contributed by atoms with Crippen LogP contribution in [-0.4, -0.2) is 29.8 Å². The van der Waals surface area contributed by atoms with E-state index in [0.717, 1.165) is 18.0 Å². The molecule has 1 aromatic heterocycles. The lowest BCUT2D eigenvalue weighted by molar-refractivity contribution is 0.718. The number of hydrogen-bond donors (Lipinski definition) is 1. The van der Waals surface area contributed by atoms with Crippen molar-refractivity contribution in [3.05, 3.63) is 42.1 Å². The quantitative estimate of drug-likeness (QED) is 0.938. The molecule has 20 heavy (non-hydrogen) atoms. The first-order valence-electron chi connectivity index (χ1n) is 6.72. The van der Waals surface area contributed by atoms with Gasteiger partial charge in [0.05, 0.1) is 6.04 Å². The Balaban J connectivity index is 1.84. The van der Waals surface area contributed by atoms with Crippen LogP contribution in [0.1, 0.15) is 18.0 Å². The summed E-state index contributed by atoms with van der Waals surface area (Å²) in [5.74, 6) is 2.74. The first-order chi connectivity index (χ1) is 9.74. The molecular weight excluding hydrogens is 268 g/mol. The molecule has 5 heteroatoms. The number of aromatic nitrogens is 2. The van der Waals surface area contributed by atoms with E-state index >= 15 is 0 Å². The van der Waals surface area contributed by atoms with Crippen molar-refractivity contribution in [3.63, 3.8) is 0 Å². The molecule has 1 atom stereocenters. The van der Waals surface area contributed by atoms with Crippen molar-refractivity contribution in [2.24, 2.45) is 0 Å². The summed E-state index contributed by atoms with van der Waals surface area (Å²) in [5.41, 5.74) is 1.35. The van der Waals surface area contributed by atoms with Crippen molar-refractivity contribution in [1.29, 1.82) is 0 Å². The highest BCUT2D eigenvalue weighted by Gasteiger charge is 2.20. The Hall–Kier alpha value is -1.75. The Morgan fingerprint density at radius 3 is 2.95 bits per heavy atom. The molecule has 1 aromatic carbocycles. The number of anilines is 2. The second-order valence-corrected chi connectivity index (χ2v) is 6.14. The van der Waals surface area contributed by atoms with Gasteiger partial charge in [-0.25, -0.2) is 4.98 Å². The average molecular weight is 286 g/mol. The standard InChI is InChI=1S/C15H18N4S/c1-19(2)14-7-9-16-15(18-14)17-12-8-10-20-13-6-4-3-5-11(12)13/h3-7,9,12H,8,10H2,1-2H3,(H,16,17,18). The maximum absolute atomic E-state index is 4.54. The molecule has 2 heterocycles. The van der Waals surface area contributed by atoms with Crippen molar-refractivity contribution >= 4 is 23.5 Å². The highest BCUT2D eigenvalue weighted by atomic mass is 32.2. The summed E-state index contributed by atoms with van der Waals surface area (Å²) < 4.78 is 0.